The monoisotopic (exact) mass is 238 g/mol. The highest BCUT2D eigenvalue weighted by molar-refractivity contribution is 6.30. The highest BCUT2D eigenvalue weighted by atomic mass is 35.5. The third-order valence-electron chi connectivity index (χ3n) is 3.26. The first-order valence-electron chi connectivity index (χ1n) is 6.17. The molecular weight excluding hydrogens is 220 g/mol. The lowest BCUT2D eigenvalue weighted by Gasteiger charge is -2.21. The Morgan fingerprint density at radius 3 is 2.44 bits per heavy atom. The summed E-state index contributed by atoms with van der Waals surface area (Å²) >= 11 is 5.83. The summed E-state index contributed by atoms with van der Waals surface area (Å²) in [4.78, 5) is 0. The fourth-order valence-corrected chi connectivity index (χ4v) is 2.40. The smallest absolute Gasteiger partial charge is 0.0717 e. The molecule has 16 heavy (non-hydrogen) atoms. The van der Waals surface area contributed by atoms with Crippen LogP contribution in [0.25, 0.3) is 0 Å². The molecule has 0 amide bonds. The lowest BCUT2D eigenvalue weighted by molar-refractivity contribution is 0.0739. The van der Waals surface area contributed by atoms with Gasteiger partial charge in [-0.05, 0) is 36.5 Å². The molecular formula is C14H19ClO. The molecule has 0 radical (unpaired) electrons. The molecule has 88 valence electrons. The number of benzene rings is 1. The van der Waals surface area contributed by atoms with Crippen LogP contribution in [0.4, 0.5) is 0 Å². The lowest BCUT2D eigenvalue weighted by atomic mass is 9.90. The van der Waals surface area contributed by atoms with Crippen molar-refractivity contribution >= 4 is 11.6 Å². The fraction of sp³-hybridized carbons (Fsp3) is 0.571. The minimum Gasteiger partial charge on any atom is -0.376 e. The molecule has 1 fully saturated rings. The second kappa shape index (κ2) is 6.27. The van der Waals surface area contributed by atoms with Crippen molar-refractivity contribution in [2.45, 2.75) is 38.7 Å². The van der Waals surface area contributed by atoms with Gasteiger partial charge in [-0.2, -0.15) is 0 Å². The van der Waals surface area contributed by atoms with Gasteiger partial charge in [-0.1, -0.05) is 43.0 Å². The molecule has 0 aromatic heterocycles. The maximum absolute atomic E-state index is 5.83. The summed E-state index contributed by atoms with van der Waals surface area (Å²) in [7, 11) is 0. The van der Waals surface area contributed by atoms with Crippen LogP contribution >= 0.6 is 11.6 Å². The van der Waals surface area contributed by atoms with Crippen molar-refractivity contribution in [1.29, 1.82) is 0 Å². The van der Waals surface area contributed by atoms with Crippen LogP contribution in [-0.4, -0.2) is 6.61 Å². The van der Waals surface area contributed by atoms with Gasteiger partial charge in [-0.15, -0.1) is 0 Å². The van der Waals surface area contributed by atoms with E-state index in [4.69, 9.17) is 16.3 Å². The van der Waals surface area contributed by atoms with E-state index in [-0.39, 0.29) is 0 Å². The maximum Gasteiger partial charge on any atom is 0.0717 e. The van der Waals surface area contributed by atoms with E-state index in [9.17, 15) is 0 Å². The van der Waals surface area contributed by atoms with Crippen molar-refractivity contribution in [2.24, 2.45) is 5.92 Å². The summed E-state index contributed by atoms with van der Waals surface area (Å²) in [5.41, 5.74) is 1.21. The summed E-state index contributed by atoms with van der Waals surface area (Å²) in [6, 6.07) is 7.90. The Bertz CT molecular complexity index is 301. The van der Waals surface area contributed by atoms with Crippen molar-refractivity contribution in [2.75, 3.05) is 6.61 Å². The Balaban J connectivity index is 1.69. The van der Waals surface area contributed by atoms with E-state index >= 15 is 0 Å². The summed E-state index contributed by atoms with van der Waals surface area (Å²) in [6.07, 6.45) is 6.87. The number of halogens is 1. The molecule has 1 saturated carbocycles. The first kappa shape index (κ1) is 11.9. The van der Waals surface area contributed by atoms with E-state index in [2.05, 4.69) is 0 Å². The SMILES string of the molecule is Clc1ccc(COCC2CCCCC2)cc1. The van der Waals surface area contributed by atoms with Crippen LogP contribution in [0.15, 0.2) is 24.3 Å². The van der Waals surface area contributed by atoms with Gasteiger partial charge in [0.2, 0.25) is 0 Å². The van der Waals surface area contributed by atoms with E-state index in [1.807, 2.05) is 24.3 Å². The zero-order valence-electron chi connectivity index (χ0n) is 9.62. The van der Waals surface area contributed by atoms with Crippen LogP contribution in [0, 0.1) is 5.92 Å². The molecule has 1 aromatic rings. The molecule has 1 nitrogen and oxygen atoms in total. The number of hydrogen-bond acceptors (Lipinski definition) is 1. The van der Waals surface area contributed by atoms with Gasteiger partial charge in [0.05, 0.1) is 6.61 Å². The van der Waals surface area contributed by atoms with E-state index in [1.165, 1.54) is 37.7 Å². The zero-order chi connectivity index (χ0) is 11.2. The second-order valence-electron chi connectivity index (χ2n) is 4.65. The molecule has 1 aliphatic carbocycles. The summed E-state index contributed by atoms with van der Waals surface area (Å²) < 4.78 is 5.76. The van der Waals surface area contributed by atoms with Crippen LogP contribution in [0.5, 0.6) is 0 Å². The van der Waals surface area contributed by atoms with E-state index in [0.29, 0.717) is 6.61 Å². The third-order valence-corrected chi connectivity index (χ3v) is 3.51. The van der Waals surface area contributed by atoms with Crippen LogP contribution in [-0.2, 0) is 11.3 Å². The molecule has 2 heteroatoms. The topological polar surface area (TPSA) is 9.23 Å². The summed E-state index contributed by atoms with van der Waals surface area (Å²) in [5.74, 6) is 0.793. The Morgan fingerprint density at radius 2 is 1.75 bits per heavy atom. The highest BCUT2D eigenvalue weighted by Gasteiger charge is 2.13. The number of ether oxygens (including phenoxy) is 1. The molecule has 0 N–H and O–H groups in total. The van der Waals surface area contributed by atoms with Gasteiger partial charge in [0.1, 0.15) is 0 Å². The van der Waals surface area contributed by atoms with Gasteiger partial charge in [0.25, 0.3) is 0 Å². The van der Waals surface area contributed by atoms with Crippen LogP contribution in [0.2, 0.25) is 5.02 Å². The van der Waals surface area contributed by atoms with Crippen molar-refractivity contribution in [3.63, 3.8) is 0 Å². The maximum atomic E-state index is 5.83. The molecule has 2 rings (SSSR count). The van der Waals surface area contributed by atoms with Gasteiger partial charge >= 0.3 is 0 Å². The quantitative estimate of drug-likeness (QED) is 0.754. The molecule has 0 heterocycles. The van der Waals surface area contributed by atoms with Gasteiger partial charge in [-0.3, -0.25) is 0 Å². The van der Waals surface area contributed by atoms with Gasteiger partial charge in [0, 0.05) is 11.6 Å². The van der Waals surface area contributed by atoms with E-state index in [0.717, 1.165) is 17.5 Å². The average Bonchev–Trinajstić information content (AvgIpc) is 2.33. The second-order valence-corrected chi connectivity index (χ2v) is 5.08. The van der Waals surface area contributed by atoms with Crippen LogP contribution in [0.3, 0.4) is 0 Å². The predicted molar refractivity (Wildman–Crippen MR) is 67.7 cm³/mol. The highest BCUT2D eigenvalue weighted by Crippen LogP contribution is 2.24. The van der Waals surface area contributed by atoms with E-state index < -0.39 is 0 Å². The molecule has 0 bridgehead atoms. The molecule has 1 aliphatic rings. The Labute approximate surface area is 103 Å². The fourth-order valence-electron chi connectivity index (χ4n) is 2.28. The number of rotatable bonds is 4. The van der Waals surface area contributed by atoms with Gasteiger partial charge in [0.15, 0.2) is 0 Å². The normalized spacial score (nSPS) is 17.6. The molecule has 0 atom stereocenters. The third kappa shape index (κ3) is 3.80. The Hall–Kier alpha value is -0.530. The zero-order valence-corrected chi connectivity index (χ0v) is 10.4. The number of hydrogen-bond donors (Lipinski definition) is 0. The molecule has 0 unspecified atom stereocenters. The molecule has 1 aromatic carbocycles. The minimum absolute atomic E-state index is 0.716. The minimum atomic E-state index is 0.716. The molecule has 0 aliphatic heterocycles. The first-order chi connectivity index (χ1) is 7.84. The van der Waals surface area contributed by atoms with Gasteiger partial charge < -0.3 is 4.74 Å². The molecule has 0 saturated heterocycles. The Kier molecular flexibility index (Phi) is 4.68. The van der Waals surface area contributed by atoms with Crippen molar-refractivity contribution in [1.82, 2.24) is 0 Å². The summed E-state index contributed by atoms with van der Waals surface area (Å²) in [6.45, 7) is 1.64. The standard InChI is InChI=1S/C14H19ClO/c15-14-8-6-13(7-9-14)11-16-10-12-4-2-1-3-5-12/h6-9,12H,1-5,10-11H2. The predicted octanol–water partition coefficient (Wildman–Crippen LogP) is 4.44. The van der Waals surface area contributed by atoms with Crippen molar-refractivity contribution < 1.29 is 4.74 Å². The van der Waals surface area contributed by atoms with E-state index in [1.54, 1.807) is 0 Å². The van der Waals surface area contributed by atoms with Gasteiger partial charge in [-0.25, -0.2) is 0 Å². The first-order valence-corrected chi connectivity index (χ1v) is 6.54. The largest absolute Gasteiger partial charge is 0.376 e. The van der Waals surface area contributed by atoms with Crippen molar-refractivity contribution in [3.05, 3.63) is 34.9 Å². The lowest BCUT2D eigenvalue weighted by Crippen LogP contribution is -2.13. The summed E-state index contributed by atoms with van der Waals surface area (Å²) in [5, 5.41) is 0.788. The van der Waals surface area contributed by atoms with Crippen LogP contribution < -0.4 is 0 Å². The average molecular weight is 239 g/mol. The van der Waals surface area contributed by atoms with Crippen LogP contribution in [0.1, 0.15) is 37.7 Å². The molecule has 0 spiro atoms. The Morgan fingerprint density at radius 1 is 1.06 bits per heavy atom. The van der Waals surface area contributed by atoms with Crippen molar-refractivity contribution in [3.8, 4) is 0 Å².